The minimum Gasteiger partial charge on any atom is -0.233 e. The van der Waals surface area contributed by atoms with Crippen molar-refractivity contribution in [3.8, 4) is 0 Å². The summed E-state index contributed by atoms with van der Waals surface area (Å²) < 4.78 is 5.22. The quantitative estimate of drug-likeness (QED) is 0.464. The van der Waals surface area contributed by atoms with Crippen molar-refractivity contribution in [2.45, 2.75) is 0 Å². The van der Waals surface area contributed by atoms with Crippen LogP contribution in [0.5, 0.6) is 0 Å². The predicted molar refractivity (Wildman–Crippen MR) is 114 cm³/mol. The lowest BCUT2D eigenvalue weighted by atomic mass is 10.4. The molecule has 4 rings (SSSR count). The van der Waals surface area contributed by atoms with Gasteiger partial charge in [0, 0.05) is 15.9 Å². The number of rotatable bonds is 4. The van der Waals surface area contributed by atoms with E-state index in [1.54, 1.807) is 6.07 Å². The molecule has 3 aromatic carbocycles. The second kappa shape index (κ2) is 7.87. The second-order valence-corrected chi connectivity index (χ2v) is 9.36. The Balaban J connectivity index is 2.11. The van der Waals surface area contributed by atoms with Crippen LogP contribution >= 0.6 is 18.7 Å². The van der Waals surface area contributed by atoms with Crippen molar-refractivity contribution in [2.75, 3.05) is 0 Å². The normalized spacial score (nSPS) is 11.1. The van der Waals surface area contributed by atoms with Crippen molar-refractivity contribution in [3.05, 3.63) is 108 Å². The molecule has 0 saturated heterocycles. The Morgan fingerprint density at radius 1 is 0.556 bits per heavy atom. The molecule has 0 radical (unpaired) electrons. The molecule has 0 spiro atoms. The van der Waals surface area contributed by atoms with Crippen molar-refractivity contribution in [2.24, 2.45) is 4.74 Å². The Hall–Kier alpha value is -2.74. The van der Waals surface area contributed by atoms with Crippen LogP contribution in [0, 0.1) is 0 Å². The maximum absolute atomic E-state index is 5.93. The monoisotopic (exact) mass is 389 g/mol. The van der Waals surface area contributed by atoms with E-state index in [4.69, 9.17) is 16.3 Å². The van der Waals surface area contributed by atoms with Crippen LogP contribution in [0.1, 0.15) is 0 Å². The highest BCUT2D eigenvalue weighted by Gasteiger charge is 2.27. The van der Waals surface area contributed by atoms with Crippen molar-refractivity contribution >= 4 is 40.4 Å². The molecule has 0 aliphatic carbocycles. The van der Waals surface area contributed by atoms with Gasteiger partial charge in [0.15, 0.2) is 11.0 Å². The molecular weight excluding hydrogens is 373 g/mol. The summed E-state index contributed by atoms with van der Waals surface area (Å²) in [5, 5.41) is 12.1. The number of aromatic nitrogens is 2. The maximum atomic E-state index is 5.93. The summed E-state index contributed by atoms with van der Waals surface area (Å²) in [7, 11) is -2.31. The first-order valence-electron chi connectivity index (χ1n) is 8.57. The molecule has 1 heterocycles. The van der Waals surface area contributed by atoms with Gasteiger partial charge in [0.25, 0.3) is 0 Å². The first-order valence-corrected chi connectivity index (χ1v) is 10.7. The SMILES string of the molecule is Clc1ccc(N=P(c2ccccc2)(c2ccccc2)c2ccccc2)nn1. The first kappa shape index (κ1) is 17.7. The summed E-state index contributed by atoms with van der Waals surface area (Å²) in [4.78, 5) is 0. The van der Waals surface area contributed by atoms with E-state index in [2.05, 4.69) is 83.0 Å². The third-order valence-electron chi connectivity index (χ3n) is 4.26. The third-order valence-corrected chi connectivity index (χ3v) is 8.10. The van der Waals surface area contributed by atoms with Crippen LogP contribution in [-0.4, -0.2) is 10.2 Å². The standard InChI is InChI=1S/C22H17ClN3P/c23-21-16-17-22(25-24-21)26-27(18-10-4-1-5-11-18,19-12-6-2-7-13-19)20-14-8-3-9-15-20/h1-17H. The lowest BCUT2D eigenvalue weighted by Gasteiger charge is -2.26. The van der Waals surface area contributed by atoms with Crippen LogP contribution in [-0.2, 0) is 0 Å². The Labute approximate surface area is 163 Å². The van der Waals surface area contributed by atoms with Gasteiger partial charge in [-0.25, -0.2) is 4.74 Å². The lowest BCUT2D eigenvalue weighted by Crippen LogP contribution is -2.25. The molecule has 0 aliphatic heterocycles. The van der Waals surface area contributed by atoms with Crippen LogP contribution in [0.2, 0.25) is 5.15 Å². The van der Waals surface area contributed by atoms with Crippen LogP contribution in [0.3, 0.4) is 0 Å². The van der Waals surface area contributed by atoms with E-state index in [0.29, 0.717) is 11.0 Å². The van der Waals surface area contributed by atoms with Gasteiger partial charge in [-0.05, 0) is 12.1 Å². The molecule has 5 heteroatoms. The molecular formula is C22H17ClN3P. The second-order valence-electron chi connectivity index (χ2n) is 5.96. The zero-order valence-corrected chi connectivity index (χ0v) is 16.1. The molecule has 0 aliphatic rings. The molecule has 0 saturated carbocycles. The summed E-state index contributed by atoms with van der Waals surface area (Å²) in [6.07, 6.45) is 0. The smallest absolute Gasteiger partial charge is 0.174 e. The van der Waals surface area contributed by atoms with Crippen molar-refractivity contribution in [1.29, 1.82) is 0 Å². The highest BCUT2D eigenvalue weighted by atomic mass is 35.5. The van der Waals surface area contributed by atoms with Gasteiger partial charge in [-0.1, -0.05) is 103 Å². The Morgan fingerprint density at radius 2 is 1.00 bits per heavy atom. The van der Waals surface area contributed by atoms with Crippen LogP contribution in [0.4, 0.5) is 5.82 Å². The highest BCUT2D eigenvalue weighted by Crippen LogP contribution is 2.48. The Morgan fingerprint density at radius 3 is 1.37 bits per heavy atom. The highest BCUT2D eigenvalue weighted by molar-refractivity contribution is 7.87. The Kier molecular flexibility index (Phi) is 5.15. The Bertz CT molecular complexity index is 963. The largest absolute Gasteiger partial charge is 0.233 e. The molecule has 0 N–H and O–H groups in total. The molecule has 1 aromatic heterocycles. The van der Waals surface area contributed by atoms with E-state index in [1.807, 2.05) is 24.3 Å². The van der Waals surface area contributed by atoms with Crippen LogP contribution < -0.4 is 15.9 Å². The van der Waals surface area contributed by atoms with Gasteiger partial charge in [-0.2, -0.15) is 0 Å². The van der Waals surface area contributed by atoms with E-state index < -0.39 is 7.05 Å². The van der Waals surface area contributed by atoms with Crippen molar-refractivity contribution in [3.63, 3.8) is 0 Å². The van der Waals surface area contributed by atoms with E-state index in [9.17, 15) is 0 Å². The molecule has 4 aromatic rings. The zero-order chi connectivity index (χ0) is 18.5. The average Bonchev–Trinajstić information content (AvgIpc) is 2.75. The summed E-state index contributed by atoms with van der Waals surface area (Å²) in [6.45, 7) is 0. The first-order chi connectivity index (χ1) is 13.3. The number of halogens is 1. The number of nitrogens with zero attached hydrogens (tertiary/aromatic N) is 3. The number of benzene rings is 3. The lowest BCUT2D eigenvalue weighted by molar-refractivity contribution is 1.03. The summed E-state index contributed by atoms with van der Waals surface area (Å²) in [5.41, 5.74) is 0. The fraction of sp³-hybridized carbons (Fsp3) is 0. The summed E-state index contributed by atoms with van der Waals surface area (Å²) >= 11 is 5.93. The van der Waals surface area contributed by atoms with Gasteiger partial charge in [0.05, 0.1) is 7.05 Å². The summed E-state index contributed by atoms with van der Waals surface area (Å²) in [6, 6.07) is 34.8. The van der Waals surface area contributed by atoms with Gasteiger partial charge >= 0.3 is 0 Å². The predicted octanol–water partition coefficient (Wildman–Crippen LogP) is 4.94. The van der Waals surface area contributed by atoms with E-state index >= 15 is 0 Å². The molecule has 132 valence electrons. The maximum Gasteiger partial charge on any atom is 0.174 e. The summed E-state index contributed by atoms with van der Waals surface area (Å²) in [5.74, 6) is 0.573. The van der Waals surface area contributed by atoms with Gasteiger partial charge in [-0.3, -0.25) is 0 Å². The molecule has 0 fully saturated rings. The van der Waals surface area contributed by atoms with Crippen LogP contribution in [0.25, 0.3) is 0 Å². The molecule has 0 unspecified atom stereocenters. The molecule has 0 amide bonds. The zero-order valence-electron chi connectivity index (χ0n) is 14.5. The average molecular weight is 390 g/mol. The van der Waals surface area contributed by atoms with Gasteiger partial charge < -0.3 is 0 Å². The number of hydrogen-bond donors (Lipinski definition) is 0. The van der Waals surface area contributed by atoms with Crippen molar-refractivity contribution in [1.82, 2.24) is 10.2 Å². The van der Waals surface area contributed by atoms with Gasteiger partial charge in [0.1, 0.15) is 0 Å². The minimum atomic E-state index is -2.31. The molecule has 27 heavy (non-hydrogen) atoms. The fourth-order valence-corrected chi connectivity index (χ4v) is 6.63. The minimum absolute atomic E-state index is 0.358. The van der Waals surface area contributed by atoms with E-state index in [-0.39, 0.29) is 0 Å². The van der Waals surface area contributed by atoms with E-state index in [1.165, 1.54) is 15.9 Å². The van der Waals surface area contributed by atoms with Crippen molar-refractivity contribution < 1.29 is 0 Å². The topological polar surface area (TPSA) is 38.1 Å². The fourth-order valence-electron chi connectivity index (χ4n) is 3.07. The van der Waals surface area contributed by atoms with Gasteiger partial charge in [-0.15, -0.1) is 10.2 Å². The van der Waals surface area contributed by atoms with E-state index in [0.717, 1.165) is 0 Å². The molecule has 0 atom stereocenters. The third kappa shape index (κ3) is 3.57. The number of hydrogen-bond acceptors (Lipinski definition) is 3. The van der Waals surface area contributed by atoms with Gasteiger partial charge in [0.2, 0.25) is 0 Å². The van der Waals surface area contributed by atoms with Crippen LogP contribution in [0.15, 0.2) is 108 Å². The molecule has 3 nitrogen and oxygen atoms in total. The molecule has 0 bridgehead atoms.